The number of hydrogen-bond donors (Lipinski definition) is 2. The second kappa shape index (κ2) is 6.42. The zero-order valence-corrected chi connectivity index (χ0v) is 13.4. The normalized spacial score (nSPS) is 16.7. The number of benzene rings is 1. The number of carbonyl (C=O) groups is 1. The van der Waals surface area contributed by atoms with E-state index in [9.17, 15) is 4.79 Å². The predicted molar refractivity (Wildman–Crippen MR) is 88.4 cm³/mol. The first-order valence-corrected chi connectivity index (χ1v) is 8.18. The lowest BCUT2D eigenvalue weighted by atomic mass is 9.82. The highest BCUT2D eigenvalue weighted by atomic mass is 16.5. The quantitative estimate of drug-likeness (QED) is 0.857. The van der Waals surface area contributed by atoms with Crippen molar-refractivity contribution in [2.45, 2.75) is 44.9 Å². The maximum atomic E-state index is 11.6. The summed E-state index contributed by atoms with van der Waals surface area (Å²) in [6.45, 7) is 2.79. The summed E-state index contributed by atoms with van der Waals surface area (Å²) in [6.07, 6.45) is 6.81. The van der Waals surface area contributed by atoms with Gasteiger partial charge in [-0.05, 0) is 49.3 Å². The maximum absolute atomic E-state index is 11.6. The van der Waals surface area contributed by atoms with Crippen LogP contribution in [0.15, 0.2) is 18.3 Å². The highest BCUT2D eigenvalue weighted by Crippen LogP contribution is 2.41. The largest absolute Gasteiger partial charge is 0.496 e. The number of aromatic amines is 1. The first-order valence-electron chi connectivity index (χ1n) is 8.18. The van der Waals surface area contributed by atoms with Crippen molar-refractivity contribution in [1.29, 1.82) is 0 Å². The molecule has 0 saturated heterocycles. The van der Waals surface area contributed by atoms with E-state index in [0.29, 0.717) is 12.3 Å². The van der Waals surface area contributed by atoms with Gasteiger partial charge >= 0.3 is 0 Å². The number of aryl methyl sites for hydroxylation is 1. The lowest BCUT2D eigenvalue weighted by Crippen LogP contribution is -2.25. The monoisotopic (exact) mass is 300 g/mol. The van der Waals surface area contributed by atoms with Crippen LogP contribution in [0.3, 0.4) is 0 Å². The second-order valence-corrected chi connectivity index (χ2v) is 6.04. The molecular formula is C18H24N2O2. The van der Waals surface area contributed by atoms with Gasteiger partial charge < -0.3 is 15.0 Å². The van der Waals surface area contributed by atoms with E-state index in [0.717, 1.165) is 38.0 Å². The number of hydrogen-bond acceptors (Lipinski definition) is 2. The molecule has 1 aromatic heterocycles. The molecule has 1 amide bonds. The van der Waals surface area contributed by atoms with Crippen molar-refractivity contribution in [3.8, 4) is 5.75 Å². The molecule has 4 nitrogen and oxygen atoms in total. The Morgan fingerprint density at radius 2 is 2.32 bits per heavy atom. The maximum Gasteiger partial charge on any atom is 0.219 e. The molecule has 1 unspecified atom stereocenters. The van der Waals surface area contributed by atoms with Crippen LogP contribution in [0.4, 0.5) is 0 Å². The Labute approximate surface area is 131 Å². The van der Waals surface area contributed by atoms with Crippen LogP contribution in [-0.2, 0) is 11.2 Å². The lowest BCUT2D eigenvalue weighted by Gasteiger charge is -2.24. The number of rotatable bonds is 6. The molecule has 0 spiro atoms. The molecule has 1 atom stereocenters. The van der Waals surface area contributed by atoms with Gasteiger partial charge in [-0.25, -0.2) is 0 Å². The molecule has 0 radical (unpaired) electrons. The number of ether oxygens (including phenoxy) is 1. The minimum absolute atomic E-state index is 0.166. The summed E-state index contributed by atoms with van der Waals surface area (Å²) in [5.74, 6) is 1.66. The molecule has 1 heterocycles. The number of aromatic nitrogens is 1. The standard InChI is InChI=1S/C18H24N2O2/c1-3-4-17(21)19-10-9-12-5-6-13-16(22-2)8-7-15-18(13)14(12)11-20-15/h7-8,11-12,20H,3-6,9-10H2,1-2H3,(H,19,21). The van der Waals surface area contributed by atoms with Crippen molar-refractivity contribution in [1.82, 2.24) is 10.3 Å². The van der Waals surface area contributed by atoms with Gasteiger partial charge in [0.25, 0.3) is 0 Å². The van der Waals surface area contributed by atoms with E-state index in [1.807, 2.05) is 13.0 Å². The van der Waals surface area contributed by atoms with Crippen LogP contribution in [0.5, 0.6) is 5.75 Å². The Hall–Kier alpha value is -1.97. The first-order chi connectivity index (χ1) is 10.7. The van der Waals surface area contributed by atoms with Gasteiger partial charge in [0, 0.05) is 35.6 Å². The van der Waals surface area contributed by atoms with Crippen molar-refractivity contribution >= 4 is 16.8 Å². The van der Waals surface area contributed by atoms with Crippen LogP contribution in [0.1, 0.15) is 49.7 Å². The van der Waals surface area contributed by atoms with Gasteiger partial charge in [-0.1, -0.05) is 6.92 Å². The Balaban J connectivity index is 1.76. The van der Waals surface area contributed by atoms with Crippen LogP contribution in [-0.4, -0.2) is 24.5 Å². The third-order valence-corrected chi connectivity index (χ3v) is 4.64. The molecule has 0 aliphatic heterocycles. The average Bonchev–Trinajstić information content (AvgIpc) is 2.95. The number of H-pyrrole nitrogens is 1. The Morgan fingerprint density at radius 3 is 3.09 bits per heavy atom. The lowest BCUT2D eigenvalue weighted by molar-refractivity contribution is -0.121. The van der Waals surface area contributed by atoms with Crippen LogP contribution >= 0.6 is 0 Å². The summed E-state index contributed by atoms with van der Waals surface area (Å²) in [4.78, 5) is 15.0. The highest BCUT2D eigenvalue weighted by Gasteiger charge is 2.25. The van der Waals surface area contributed by atoms with E-state index in [1.54, 1.807) is 7.11 Å². The van der Waals surface area contributed by atoms with E-state index in [-0.39, 0.29) is 5.91 Å². The molecule has 1 aliphatic carbocycles. The van der Waals surface area contributed by atoms with Crippen molar-refractivity contribution < 1.29 is 9.53 Å². The summed E-state index contributed by atoms with van der Waals surface area (Å²) in [6, 6.07) is 4.13. The van der Waals surface area contributed by atoms with Crippen LogP contribution < -0.4 is 10.1 Å². The van der Waals surface area contributed by atoms with E-state index in [2.05, 4.69) is 22.6 Å². The number of nitrogens with one attached hydrogen (secondary N) is 2. The SMILES string of the molecule is CCCC(=O)NCCC1CCc2c(OC)ccc3[nH]cc1c23. The molecule has 1 aliphatic rings. The van der Waals surface area contributed by atoms with Crippen LogP contribution in [0.2, 0.25) is 0 Å². The molecule has 2 N–H and O–H groups in total. The summed E-state index contributed by atoms with van der Waals surface area (Å²) in [5, 5.41) is 4.36. The number of methoxy groups -OCH3 is 1. The van der Waals surface area contributed by atoms with E-state index < -0.39 is 0 Å². The fourth-order valence-electron chi connectivity index (χ4n) is 3.54. The Morgan fingerprint density at radius 1 is 1.45 bits per heavy atom. The fraction of sp³-hybridized carbons (Fsp3) is 0.500. The van der Waals surface area contributed by atoms with Gasteiger partial charge in [0.1, 0.15) is 5.75 Å². The second-order valence-electron chi connectivity index (χ2n) is 6.04. The minimum atomic E-state index is 0.166. The van der Waals surface area contributed by atoms with Gasteiger partial charge in [-0.2, -0.15) is 0 Å². The summed E-state index contributed by atoms with van der Waals surface area (Å²) in [5.41, 5.74) is 3.88. The van der Waals surface area contributed by atoms with Gasteiger partial charge in [-0.3, -0.25) is 4.79 Å². The number of amides is 1. The molecule has 3 rings (SSSR count). The predicted octanol–water partition coefficient (Wildman–Crippen LogP) is 3.51. The van der Waals surface area contributed by atoms with Crippen molar-refractivity contribution in [3.05, 3.63) is 29.5 Å². The third-order valence-electron chi connectivity index (χ3n) is 4.64. The van der Waals surface area contributed by atoms with Crippen molar-refractivity contribution in [2.75, 3.05) is 13.7 Å². The molecular weight excluding hydrogens is 276 g/mol. The molecule has 0 fully saturated rings. The molecule has 118 valence electrons. The van der Waals surface area contributed by atoms with Crippen LogP contribution in [0.25, 0.3) is 10.9 Å². The molecule has 22 heavy (non-hydrogen) atoms. The molecule has 2 aromatic rings. The Kier molecular flexibility index (Phi) is 4.36. The van der Waals surface area contributed by atoms with E-state index in [4.69, 9.17) is 4.74 Å². The zero-order chi connectivity index (χ0) is 15.5. The van der Waals surface area contributed by atoms with Crippen molar-refractivity contribution in [2.24, 2.45) is 0 Å². The molecule has 1 aromatic carbocycles. The van der Waals surface area contributed by atoms with Gasteiger partial charge in [0.2, 0.25) is 5.91 Å². The molecule has 0 bridgehead atoms. The third kappa shape index (κ3) is 2.70. The molecule has 0 saturated carbocycles. The first kappa shape index (κ1) is 14.9. The molecule has 4 heteroatoms. The summed E-state index contributed by atoms with van der Waals surface area (Å²) in [7, 11) is 1.74. The minimum Gasteiger partial charge on any atom is -0.496 e. The zero-order valence-electron chi connectivity index (χ0n) is 13.4. The highest BCUT2D eigenvalue weighted by molar-refractivity contribution is 5.90. The van der Waals surface area contributed by atoms with E-state index in [1.165, 1.54) is 22.0 Å². The summed E-state index contributed by atoms with van der Waals surface area (Å²) >= 11 is 0. The topological polar surface area (TPSA) is 54.1 Å². The Bertz CT molecular complexity index is 675. The van der Waals surface area contributed by atoms with Crippen molar-refractivity contribution in [3.63, 3.8) is 0 Å². The smallest absolute Gasteiger partial charge is 0.219 e. The number of carbonyl (C=O) groups excluding carboxylic acids is 1. The van der Waals surface area contributed by atoms with Gasteiger partial charge in [0.05, 0.1) is 7.11 Å². The van der Waals surface area contributed by atoms with Gasteiger partial charge in [0.15, 0.2) is 0 Å². The average molecular weight is 300 g/mol. The van der Waals surface area contributed by atoms with Gasteiger partial charge in [-0.15, -0.1) is 0 Å². The summed E-state index contributed by atoms with van der Waals surface area (Å²) < 4.78 is 5.51. The fourth-order valence-corrected chi connectivity index (χ4v) is 3.54. The van der Waals surface area contributed by atoms with E-state index >= 15 is 0 Å². The van der Waals surface area contributed by atoms with Crippen LogP contribution in [0, 0.1) is 0 Å².